The summed E-state index contributed by atoms with van der Waals surface area (Å²) in [6.45, 7) is 2.99. The molecule has 0 aromatic heterocycles. The van der Waals surface area contributed by atoms with Crippen LogP contribution in [0.5, 0.6) is 0 Å². The SMILES string of the molecule is Cc1ccc(F)c(NC(=O)N2CCCCC2CN)c1. The number of hydrogen-bond donors (Lipinski definition) is 2. The Balaban J connectivity index is 2.09. The maximum absolute atomic E-state index is 13.6. The fourth-order valence-corrected chi connectivity index (χ4v) is 2.43. The van der Waals surface area contributed by atoms with E-state index in [4.69, 9.17) is 5.73 Å². The Morgan fingerprint density at radius 3 is 3.05 bits per heavy atom. The molecule has 1 fully saturated rings. The summed E-state index contributed by atoms with van der Waals surface area (Å²) in [5.74, 6) is -0.416. The summed E-state index contributed by atoms with van der Waals surface area (Å²) in [4.78, 5) is 13.9. The van der Waals surface area contributed by atoms with Crippen molar-refractivity contribution in [2.45, 2.75) is 32.2 Å². The molecule has 1 unspecified atom stereocenters. The van der Waals surface area contributed by atoms with Gasteiger partial charge in [0.1, 0.15) is 5.82 Å². The van der Waals surface area contributed by atoms with E-state index in [1.54, 1.807) is 17.0 Å². The molecule has 1 saturated heterocycles. The number of nitrogens with one attached hydrogen (secondary N) is 1. The zero-order valence-electron chi connectivity index (χ0n) is 11.2. The van der Waals surface area contributed by atoms with Crippen LogP contribution in [0.3, 0.4) is 0 Å². The van der Waals surface area contributed by atoms with Gasteiger partial charge in [0.25, 0.3) is 0 Å². The van der Waals surface area contributed by atoms with Crippen molar-refractivity contribution in [1.29, 1.82) is 0 Å². The minimum Gasteiger partial charge on any atom is -0.328 e. The standard InChI is InChI=1S/C14H20FN3O/c1-10-5-6-12(15)13(8-10)17-14(19)18-7-3-2-4-11(18)9-16/h5-6,8,11H,2-4,7,9,16H2,1H3,(H,17,19). The molecular weight excluding hydrogens is 245 g/mol. The quantitative estimate of drug-likeness (QED) is 0.863. The van der Waals surface area contributed by atoms with E-state index < -0.39 is 5.82 Å². The van der Waals surface area contributed by atoms with Crippen LogP contribution in [0.4, 0.5) is 14.9 Å². The summed E-state index contributed by atoms with van der Waals surface area (Å²) in [6, 6.07) is 4.46. The van der Waals surface area contributed by atoms with Gasteiger partial charge in [0, 0.05) is 19.1 Å². The molecule has 0 saturated carbocycles. The summed E-state index contributed by atoms with van der Waals surface area (Å²) in [7, 11) is 0. The van der Waals surface area contributed by atoms with Crippen molar-refractivity contribution >= 4 is 11.7 Å². The molecule has 2 rings (SSSR count). The average molecular weight is 265 g/mol. The first-order chi connectivity index (χ1) is 9.11. The van der Waals surface area contributed by atoms with Crippen LogP contribution in [0.15, 0.2) is 18.2 Å². The highest BCUT2D eigenvalue weighted by molar-refractivity contribution is 5.89. The first kappa shape index (κ1) is 13.8. The number of aryl methyl sites for hydroxylation is 1. The average Bonchev–Trinajstić information content (AvgIpc) is 2.42. The Bertz CT molecular complexity index is 464. The lowest BCUT2D eigenvalue weighted by Gasteiger charge is -2.35. The van der Waals surface area contributed by atoms with Crippen LogP contribution in [0.25, 0.3) is 0 Å². The number of anilines is 1. The van der Waals surface area contributed by atoms with E-state index >= 15 is 0 Å². The summed E-state index contributed by atoms with van der Waals surface area (Å²) in [5, 5.41) is 2.64. The highest BCUT2D eigenvalue weighted by Crippen LogP contribution is 2.20. The van der Waals surface area contributed by atoms with Gasteiger partial charge in [0.2, 0.25) is 0 Å². The topological polar surface area (TPSA) is 58.4 Å². The Morgan fingerprint density at radius 2 is 2.32 bits per heavy atom. The predicted molar refractivity (Wildman–Crippen MR) is 73.6 cm³/mol. The van der Waals surface area contributed by atoms with Crippen molar-refractivity contribution in [2.75, 3.05) is 18.4 Å². The van der Waals surface area contributed by atoms with Gasteiger partial charge in [-0.3, -0.25) is 0 Å². The molecule has 0 radical (unpaired) electrons. The molecule has 1 aliphatic heterocycles. The molecular formula is C14H20FN3O. The second-order valence-electron chi connectivity index (χ2n) is 4.99. The molecule has 1 aliphatic rings. The van der Waals surface area contributed by atoms with Crippen LogP contribution in [-0.4, -0.2) is 30.1 Å². The second kappa shape index (κ2) is 6.02. The molecule has 0 bridgehead atoms. The number of amides is 2. The van der Waals surface area contributed by atoms with E-state index in [2.05, 4.69) is 5.32 Å². The van der Waals surface area contributed by atoms with Crippen molar-refractivity contribution in [3.05, 3.63) is 29.6 Å². The third kappa shape index (κ3) is 3.23. The van der Waals surface area contributed by atoms with Gasteiger partial charge >= 0.3 is 6.03 Å². The van der Waals surface area contributed by atoms with Gasteiger partial charge in [-0.25, -0.2) is 9.18 Å². The molecule has 4 nitrogen and oxygen atoms in total. The van der Waals surface area contributed by atoms with Crippen molar-refractivity contribution < 1.29 is 9.18 Å². The smallest absolute Gasteiger partial charge is 0.322 e. The molecule has 2 amide bonds. The molecule has 19 heavy (non-hydrogen) atoms. The van der Waals surface area contributed by atoms with Crippen molar-refractivity contribution in [3.8, 4) is 0 Å². The van der Waals surface area contributed by atoms with Gasteiger partial charge in [-0.1, -0.05) is 6.07 Å². The number of rotatable bonds is 2. The number of urea groups is 1. The van der Waals surface area contributed by atoms with Crippen LogP contribution in [0.2, 0.25) is 0 Å². The van der Waals surface area contributed by atoms with Gasteiger partial charge in [0.05, 0.1) is 5.69 Å². The Hall–Kier alpha value is -1.62. The van der Waals surface area contributed by atoms with E-state index in [1.165, 1.54) is 6.07 Å². The summed E-state index contributed by atoms with van der Waals surface area (Å²) in [6.07, 6.45) is 2.98. The number of nitrogens with two attached hydrogens (primary N) is 1. The van der Waals surface area contributed by atoms with Crippen LogP contribution >= 0.6 is 0 Å². The highest BCUT2D eigenvalue weighted by Gasteiger charge is 2.25. The summed E-state index contributed by atoms with van der Waals surface area (Å²) >= 11 is 0. The number of benzene rings is 1. The first-order valence-electron chi connectivity index (χ1n) is 6.65. The van der Waals surface area contributed by atoms with E-state index in [0.717, 1.165) is 24.8 Å². The van der Waals surface area contributed by atoms with E-state index in [9.17, 15) is 9.18 Å². The number of carbonyl (C=O) groups is 1. The van der Waals surface area contributed by atoms with Crippen LogP contribution in [-0.2, 0) is 0 Å². The number of hydrogen-bond acceptors (Lipinski definition) is 2. The summed E-state index contributed by atoms with van der Waals surface area (Å²) < 4.78 is 13.6. The third-order valence-corrected chi connectivity index (χ3v) is 3.52. The molecule has 0 aliphatic carbocycles. The Kier molecular flexibility index (Phi) is 4.37. The maximum Gasteiger partial charge on any atom is 0.322 e. The van der Waals surface area contributed by atoms with Crippen LogP contribution in [0, 0.1) is 12.7 Å². The molecule has 5 heteroatoms. The van der Waals surface area contributed by atoms with Gasteiger partial charge < -0.3 is 16.0 Å². The molecule has 0 spiro atoms. The normalized spacial score (nSPS) is 19.3. The van der Waals surface area contributed by atoms with Gasteiger partial charge in [-0.2, -0.15) is 0 Å². The monoisotopic (exact) mass is 265 g/mol. The Labute approximate surface area is 112 Å². The Morgan fingerprint density at radius 1 is 1.53 bits per heavy atom. The number of carbonyl (C=O) groups excluding carboxylic acids is 1. The lowest BCUT2D eigenvalue weighted by atomic mass is 10.0. The molecule has 1 aromatic rings. The lowest BCUT2D eigenvalue weighted by Crippen LogP contribution is -2.49. The van der Waals surface area contributed by atoms with Crippen molar-refractivity contribution in [1.82, 2.24) is 4.90 Å². The van der Waals surface area contributed by atoms with Crippen molar-refractivity contribution in [3.63, 3.8) is 0 Å². The van der Waals surface area contributed by atoms with Crippen LogP contribution < -0.4 is 11.1 Å². The zero-order chi connectivity index (χ0) is 13.8. The lowest BCUT2D eigenvalue weighted by molar-refractivity contribution is 0.166. The van der Waals surface area contributed by atoms with E-state index in [1.807, 2.05) is 6.92 Å². The minimum atomic E-state index is -0.416. The maximum atomic E-state index is 13.6. The highest BCUT2D eigenvalue weighted by atomic mass is 19.1. The molecule has 104 valence electrons. The van der Waals surface area contributed by atoms with Gasteiger partial charge in [0.15, 0.2) is 0 Å². The summed E-state index contributed by atoms with van der Waals surface area (Å²) in [5.41, 5.74) is 6.82. The zero-order valence-corrected chi connectivity index (χ0v) is 11.2. The number of nitrogens with zero attached hydrogens (tertiary/aromatic N) is 1. The van der Waals surface area contributed by atoms with E-state index in [0.29, 0.717) is 13.1 Å². The van der Waals surface area contributed by atoms with E-state index in [-0.39, 0.29) is 17.8 Å². The fourth-order valence-electron chi connectivity index (χ4n) is 2.43. The molecule has 3 N–H and O–H groups in total. The number of halogens is 1. The molecule has 1 aromatic carbocycles. The fraction of sp³-hybridized carbons (Fsp3) is 0.500. The third-order valence-electron chi connectivity index (χ3n) is 3.52. The van der Waals surface area contributed by atoms with Gasteiger partial charge in [-0.05, 0) is 43.9 Å². The number of likely N-dealkylation sites (tertiary alicyclic amines) is 1. The van der Waals surface area contributed by atoms with Gasteiger partial charge in [-0.15, -0.1) is 0 Å². The second-order valence-corrected chi connectivity index (χ2v) is 4.99. The van der Waals surface area contributed by atoms with Crippen molar-refractivity contribution in [2.24, 2.45) is 5.73 Å². The molecule has 1 heterocycles. The minimum absolute atomic E-state index is 0.0571. The first-order valence-corrected chi connectivity index (χ1v) is 6.65. The predicted octanol–water partition coefficient (Wildman–Crippen LogP) is 2.48. The number of piperidine rings is 1. The molecule has 1 atom stereocenters. The largest absolute Gasteiger partial charge is 0.328 e. The van der Waals surface area contributed by atoms with Crippen LogP contribution in [0.1, 0.15) is 24.8 Å².